The number of hydrogen-bond donors (Lipinski definition) is 3. The molecule has 0 spiro atoms. The molecule has 1 aliphatic rings. The van der Waals surface area contributed by atoms with E-state index in [0.717, 1.165) is 0 Å². The molecule has 36 heavy (non-hydrogen) atoms. The normalized spacial score (nSPS) is 14.9. The first kappa shape index (κ1) is 24.3. The number of anilines is 1. The molecule has 13 heteroatoms. The van der Waals surface area contributed by atoms with Gasteiger partial charge in [-0.2, -0.15) is 10.1 Å². The molecule has 2 aromatic heterocycles. The molecule has 0 saturated carbocycles. The number of H-pyrrole nitrogens is 1. The number of nitrogens with zero attached hydrogens (tertiary/aromatic N) is 3. The average Bonchev–Trinajstić information content (AvgIpc) is 3.33. The molecule has 4 aromatic rings. The molecule has 1 saturated heterocycles. The van der Waals surface area contributed by atoms with Crippen molar-refractivity contribution in [3.05, 3.63) is 53.7 Å². The lowest BCUT2D eigenvalue weighted by Crippen LogP contribution is -2.52. The topological polar surface area (TPSA) is 154 Å². The maximum absolute atomic E-state index is 12.9. The van der Waals surface area contributed by atoms with Gasteiger partial charge in [0.15, 0.2) is 11.5 Å². The summed E-state index contributed by atoms with van der Waals surface area (Å²) in [6, 6.07) is 11.0. The van der Waals surface area contributed by atoms with Crippen molar-refractivity contribution >= 4 is 38.3 Å². The average molecular weight is 531 g/mol. The van der Waals surface area contributed by atoms with Crippen molar-refractivity contribution in [3.63, 3.8) is 0 Å². The highest BCUT2D eigenvalue weighted by molar-refractivity contribution is 7.92. The van der Waals surface area contributed by atoms with E-state index in [0.29, 0.717) is 66.1 Å². The first-order valence-corrected chi connectivity index (χ1v) is 12.8. The van der Waals surface area contributed by atoms with Gasteiger partial charge >= 0.3 is 0 Å². The SMILES string of the molecule is COc1ccc(Cl)c(S(=O)(=O)Nc2ccc(-c3nc(OCC4(CN)COC4)c4cn[nH]c4n3)cc2)c1. The van der Waals surface area contributed by atoms with E-state index >= 15 is 0 Å². The molecule has 2 aromatic carbocycles. The number of aromatic nitrogens is 4. The fraction of sp³-hybridized carbons (Fsp3) is 0.261. The number of aromatic amines is 1. The van der Waals surface area contributed by atoms with E-state index in [1.165, 1.54) is 19.2 Å². The molecule has 0 unspecified atom stereocenters. The molecule has 11 nitrogen and oxygen atoms in total. The fourth-order valence-electron chi connectivity index (χ4n) is 3.63. The zero-order valence-electron chi connectivity index (χ0n) is 19.2. The van der Waals surface area contributed by atoms with Crippen LogP contribution in [0.25, 0.3) is 22.4 Å². The van der Waals surface area contributed by atoms with Crippen LogP contribution >= 0.6 is 11.6 Å². The Balaban J connectivity index is 1.39. The third-order valence-electron chi connectivity index (χ3n) is 5.86. The maximum atomic E-state index is 12.9. The molecule has 0 aliphatic carbocycles. The van der Waals surface area contributed by atoms with Crippen LogP contribution in [0.3, 0.4) is 0 Å². The van der Waals surface area contributed by atoms with Gasteiger partial charge in [-0.3, -0.25) is 9.82 Å². The van der Waals surface area contributed by atoms with E-state index in [9.17, 15) is 8.42 Å². The van der Waals surface area contributed by atoms with Crippen molar-refractivity contribution in [2.75, 3.05) is 38.2 Å². The summed E-state index contributed by atoms with van der Waals surface area (Å²) in [5, 5.41) is 7.61. The van der Waals surface area contributed by atoms with Gasteiger partial charge in [-0.15, -0.1) is 0 Å². The summed E-state index contributed by atoms with van der Waals surface area (Å²) < 4.78 is 44.7. The lowest BCUT2D eigenvalue weighted by molar-refractivity contribution is -0.125. The number of benzene rings is 2. The van der Waals surface area contributed by atoms with Crippen molar-refractivity contribution < 1.29 is 22.6 Å². The largest absolute Gasteiger partial charge is 0.497 e. The lowest BCUT2D eigenvalue weighted by atomic mass is 9.87. The van der Waals surface area contributed by atoms with Gasteiger partial charge in [0.1, 0.15) is 22.6 Å². The minimum absolute atomic E-state index is 0.0820. The van der Waals surface area contributed by atoms with Gasteiger partial charge in [-0.05, 0) is 36.4 Å². The van der Waals surface area contributed by atoms with Crippen LogP contribution in [0, 0.1) is 5.41 Å². The molecular weight excluding hydrogens is 508 g/mol. The summed E-state index contributed by atoms with van der Waals surface area (Å²) in [5.41, 5.74) is 7.16. The number of hydrogen-bond acceptors (Lipinski definition) is 9. The van der Waals surface area contributed by atoms with Gasteiger partial charge in [-0.1, -0.05) is 11.6 Å². The quantitative estimate of drug-likeness (QED) is 0.296. The van der Waals surface area contributed by atoms with Gasteiger partial charge in [0.05, 0.1) is 37.0 Å². The highest BCUT2D eigenvalue weighted by Gasteiger charge is 2.38. The highest BCUT2D eigenvalue weighted by Crippen LogP contribution is 2.31. The van der Waals surface area contributed by atoms with Crippen LogP contribution in [0.1, 0.15) is 0 Å². The summed E-state index contributed by atoms with van der Waals surface area (Å²) in [6.45, 7) is 1.87. The van der Waals surface area contributed by atoms with E-state index in [4.69, 9.17) is 31.5 Å². The van der Waals surface area contributed by atoms with E-state index in [1.54, 1.807) is 36.5 Å². The number of halogens is 1. The van der Waals surface area contributed by atoms with Crippen LogP contribution in [-0.4, -0.2) is 62.1 Å². The highest BCUT2D eigenvalue weighted by atomic mass is 35.5. The molecule has 1 aliphatic heterocycles. The Kier molecular flexibility index (Phi) is 6.43. The van der Waals surface area contributed by atoms with Gasteiger partial charge in [0.25, 0.3) is 10.0 Å². The van der Waals surface area contributed by atoms with Crippen LogP contribution in [0.15, 0.2) is 53.6 Å². The lowest BCUT2D eigenvalue weighted by Gasteiger charge is -2.39. The molecule has 5 rings (SSSR count). The van der Waals surface area contributed by atoms with Gasteiger partial charge in [0.2, 0.25) is 5.88 Å². The number of fused-ring (bicyclic) bond motifs is 1. The molecule has 0 radical (unpaired) electrons. The Labute approximate surface area is 212 Å². The monoisotopic (exact) mass is 530 g/mol. The Morgan fingerprint density at radius 1 is 1.19 bits per heavy atom. The maximum Gasteiger partial charge on any atom is 0.263 e. The molecule has 0 atom stereocenters. The van der Waals surface area contributed by atoms with E-state index in [1.807, 2.05) is 0 Å². The minimum Gasteiger partial charge on any atom is -0.497 e. The van der Waals surface area contributed by atoms with Crippen LogP contribution < -0.4 is 19.9 Å². The molecule has 0 bridgehead atoms. The molecule has 1 fully saturated rings. The summed E-state index contributed by atoms with van der Waals surface area (Å²) in [4.78, 5) is 9.01. The second-order valence-corrected chi connectivity index (χ2v) is 10.5. The van der Waals surface area contributed by atoms with Crippen molar-refractivity contribution in [1.82, 2.24) is 20.2 Å². The first-order chi connectivity index (χ1) is 17.3. The van der Waals surface area contributed by atoms with Gasteiger partial charge < -0.3 is 19.9 Å². The summed E-state index contributed by atoms with van der Waals surface area (Å²) in [6.07, 6.45) is 1.60. The third-order valence-corrected chi connectivity index (χ3v) is 7.73. The zero-order chi connectivity index (χ0) is 25.3. The molecule has 4 N–H and O–H groups in total. The zero-order valence-corrected chi connectivity index (χ0v) is 20.8. The van der Waals surface area contributed by atoms with Crippen molar-refractivity contribution in [2.24, 2.45) is 11.1 Å². The molecule has 0 amide bonds. The van der Waals surface area contributed by atoms with E-state index < -0.39 is 10.0 Å². The standard InChI is InChI=1S/C23H23ClN6O5S/c1-33-16-6-7-18(24)19(8-16)36(31,32)30-15-4-2-14(3-5-15)20-27-21-17(9-26-29-21)22(28-20)35-13-23(10-25)11-34-12-23/h2-9,30H,10-13,25H2,1H3,(H,26,27,28,29). The van der Waals surface area contributed by atoms with E-state index in [-0.39, 0.29) is 15.3 Å². The Hall–Kier alpha value is -3.45. The minimum atomic E-state index is -3.95. The van der Waals surface area contributed by atoms with Crippen LogP contribution in [0.4, 0.5) is 5.69 Å². The number of nitrogens with two attached hydrogens (primary N) is 1. The first-order valence-electron chi connectivity index (χ1n) is 10.9. The summed E-state index contributed by atoms with van der Waals surface area (Å²) >= 11 is 6.11. The summed E-state index contributed by atoms with van der Waals surface area (Å²) in [7, 11) is -2.50. The van der Waals surface area contributed by atoms with Crippen LogP contribution in [0.5, 0.6) is 11.6 Å². The van der Waals surface area contributed by atoms with Crippen LogP contribution in [0.2, 0.25) is 5.02 Å². The number of ether oxygens (including phenoxy) is 3. The predicted molar refractivity (Wildman–Crippen MR) is 134 cm³/mol. The van der Waals surface area contributed by atoms with Gasteiger partial charge in [0, 0.05) is 23.9 Å². The van der Waals surface area contributed by atoms with Crippen molar-refractivity contribution in [2.45, 2.75) is 4.90 Å². The predicted octanol–water partition coefficient (Wildman–Crippen LogP) is 2.84. The molecule has 188 valence electrons. The molecule has 3 heterocycles. The number of sulfonamides is 1. The number of methoxy groups -OCH3 is 1. The Morgan fingerprint density at radius 3 is 2.64 bits per heavy atom. The second-order valence-electron chi connectivity index (χ2n) is 8.45. The number of nitrogens with one attached hydrogen (secondary N) is 2. The van der Waals surface area contributed by atoms with E-state index in [2.05, 4.69) is 24.9 Å². The number of rotatable bonds is 9. The summed E-state index contributed by atoms with van der Waals surface area (Å²) in [5.74, 6) is 1.14. The Morgan fingerprint density at radius 2 is 1.97 bits per heavy atom. The fourth-order valence-corrected chi connectivity index (χ4v) is 5.21. The van der Waals surface area contributed by atoms with Crippen LogP contribution in [-0.2, 0) is 14.8 Å². The van der Waals surface area contributed by atoms with Crippen molar-refractivity contribution in [1.29, 1.82) is 0 Å². The third kappa shape index (κ3) is 4.67. The van der Waals surface area contributed by atoms with Crippen molar-refractivity contribution in [3.8, 4) is 23.0 Å². The van der Waals surface area contributed by atoms with Gasteiger partial charge in [-0.25, -0.2) is 13.4 Å². The Bertz CT molecular complexity index is 1500. The second kappa shape index (κ2) is 9.54. The molecular formula is C23H23ClN6O5S. The smallest absolute Gasteiger partial charge is 0.263 e.